The Morgan fingerprint density at radius 2 is 2.10 bits per heavy atom. The van der Waals surface area contributed by atoms with E-state index >= 15 is 0 Å². The number of piperidine rings is 1. The Balaban J connectivity index is 2.14. The molecule has 0 bridgehead atoms. The molecule has 0 aliphatic carbocycles. The number of anilines is 1. The van der Waals surface area contributed by atoms with Gasteiger partial charge in [0, 0.05) is 36.8 Å². The monoisotopic (exact) mass is 290 g/mol. The van der Waals surface area contributed by atoms with E-state index in [1.54, 1.807) is 0 Å². The summed E-state index contributed by atoms with van der Waals surface area (Å²) in [6.07, 6.45) is 2.56. The zero-order valence-corrected chi connectivity index (χ0v) is 14.2. The van der Waals surface area contributed by atoms with Crippen LogP contribution in [0, 0.1) is 12.8 Å². The lowest BCUT2D eigenvalue weighted by Gasteiger charge is -2.37. The van der Waals surface area contributed by atoms with Gasteiger partial charge in [0.25, 0.3) is 0 Å². The lowest BCUT2D eigenvalue weighted by Crippen LogP contribution is -2.44. The van der Waals surface area contributed by atoms with E-state index in [-0.39, 0.29) is 0 Å². The van der Waals surface area contributed by atoms with Crippen molar-refractivity contribution in [3.63, 3.8) is 0 Å². The fourth-order valence-corrected chi connectivity index (χ4v) is 3.11. The highest BCUT2D eigenvalue weighted by molar-refractivity contribution is 5.40. The van der Waals surface area contributed by atoms with Gasteiger partial charge < -0.3 is 10.2 Å². The van der Waals surface area contributed by atoms with Crippen LogP contribution in [0.5, 0.6) is 0 Å². The third kappa shape index (κ3) is 4.16. The molecule has 1 fully saturated rings. The van der Waals surface area contributed by atoms with Crippen LogP contribution in [0.3, 0.4) is 0 Å². The number of rotatable bonds is 5. The van der Waals surface area contributed by atoms with Gasteiger partial charge in [-0.3, -0.25) is 0 Å². The molecule has 2 rings (SSSR count). The van der Waals surface area contributed by atoms with Crippen molar-refractivity contribution in [3.05, 3.63) is 17.6 Å². The van der Waals surface area contributed by atoms with Crippen LogP contribution in [0.1, 0.15) is 58.0 Å². The first kappa shape index (κ1) is 16.2. The molecule has 21 heavy (non-hydrogen) atoms. The lowest BCUT2D eigenvalue weighted by molar-refractivity contribution is 0.323. The third-order valence-electron chi connectivity index (χ3n) is 4.39. The molecule has 0 spiro atoms. The van der Waals surface area contributed by atoms with Crippen LogP contribution < -0.4 is 10.2 Å². The molecule has 1 N–H and O–H groups in total. The van der Waals surface area contributed by atoms with Crippen molar-refractivity contribution in [2.75, 3.05) is 24.5 Å². The lowest BCUT2D eigenvalue weighted by atomic mass is 9.91. The minimum absolute atomic E-state index is 0.380. The molecule has 2 atom stereocenters. The average Bonchev–Trinajstić information content (AvgIpc) is 2.47. The largest absolute Gasteiger partial charge is 0.356 e. The maximum absolute atomic E-state index is 4.79. The zero-order valence-electron chi connectivity index (χ0n) is 14.2. The minimum Gasteiger partial charge on any atom is -0.356 e. The molecule has 0 amide bonds. The fourth-order valence-electron chi connectivity index (χ4n) is 3.11. The summed E-state index contributed by atoms with van der Waals surface area (Å²) >= 11 is 0. The zero-order chi connectivity index (χ0) is 15.4. The smallest absolute Gasteiger partial charge is 0.133 e. The first-order valence-corrected chi connectivity index (χ1v) is 8.35. The van der Waals surface area contributed by atoms with Gasteiger partial charge in [0.05, 0.1) is 0 Å². The molecule has 1 aromatic rings. The summed E-state index contributed by atoms with van der Waals surface area (Å²) in [5, 5.41) is 3.57. The van der Waals surface area contributed by atoms with Gasteiger partial charge in [-0.25, -0.2) is 9.97 Å². The van der Waals surface area contributed by atoms with Gasteiger partial charge in [-0.2, -0.15) is 0 Å². The molecular formula is C17H30N4. The maximum Gasteiger partial charge on any atom is 0.133 e. The van der Waals surface area contributed by atoms with Crippen molar-refractivity contribution in [2.24, 2.45) is 5.92 Å². The maximum atomic E-state index is 4.79. The predicted octanol–water partition coefficient (Wildman–Crippen LogP) is 3.12. The number of aromatic nitrogens is 2. The van der Waals surface area contributed by atoms with E-state index in [1.807, 2.05) is 0 Å². The molecular weight excluding hydrogens is 260 g/mol. The quantitative estimate of drug-likeness (QED) is 0.904. The van der Waals surface area contributed by atoms with Crippen molar-refractivity contribution in [1.82, 2.24) is 15.3 Å². The Kier molecular flexibility index (Phi) is 5.57. The molecule has 1 aliphatic rings. The van der Waals surface area contributed by atoms with Crippen LogP contribution >= 0.6 is 0 Å². The summed E-state index contributed by atoms with van der Waals surface area (Å²) in [6.45, 7) is 14.1. The van der Waals surface area contributed by atoms with Gasteiger partial charge in [0.2, 0.25) is 0 Å². The minimum atomic E-state index is 0.380. The summed E-state index contributed by atoms with van der Waals surface area (Å²) in [7, 11) is 0. The summed E-state index contributed by atoms with van der Waals surface area (Å²) in [5.74, 6) is 3.16. The molecule has 118 valence electrons. The second-order valence-electron chi connectivity index (χ2n) is 6.58. The SMILES string of the molecule is CCNC(C)C1CCCN(c2cc(C)nc(C(C)C)n2)C1. The van der Waals surface area contributed by atoms with E-state index in [0.29, 0.717) is 17.9 Å². The Hall–Kier alpha value is -1.16. The standard InChI is InChI=1S/C17H30N4/c1-6-18-14(5)15-8-7-9-21(11-15)16-10-13(4)19-17(20-16)12(2)3/h10,12,14-15,18H,6-9,11H2,1-5H3. The van der Waals surface area contributed by atoms with Gasteiger partial charge in [-0.05, 0) is 39.2 Å². The van der Waals surface area contributed by atoms with Gasteiger partial charge in [0.15, 0.2) is 0 Å². The summed E-state index contributed by atoms with van der Waals surface area (Å²) in [5.41, 5.74) is 1.07. The van der Waals surface area contributed by atoms with E-state index in [0.717, 1.165) is 37.0 Å². The van der Waals surface area contributed by atoms with Crippen molar-refractivity contribution >= 4 is 5.82 Å². The summed E-state index contributed by atoms with van der Waals surface area (Å²) < 4.78 is 0. The van der Waals surface area contributed by atoms with E-state index in [9.17, 15) is 0 Å². The highest BCUT2D eigenvalue weighted by Gasteiger charge is 2.25. The topological polar surface area (TPSA) is 41.0 Å². The van der Waals surface area contributed by atoms with Gasteiger partial charge in [-0.1, -0.05) is 20.8 Å². The molecule has 4 heteroatoms. The second-order valence-corrected chi connectivity index (χ2v) is 6.58. The Morgan fingerprint density at radius 1 is 1.33 bits per heavy atom. The second kappa shape index (κ2) is 7.21. The number of aryl methyl sites for hydroxylation is 1. The highest BCUT2D eigenvalue weighted by Crippen LogP contribution is 2.25. The van der Waals surface area contributed by atoms with Crippen molar-refractivity contribution in [3.8, 4) is 0 Å². The van der Waals surface area contributed by atoms with Crippen LogP contribution in [0.4, 0.5) is 5.82 Å². The van der Waals surface area contributed by atoms with E-state index in [2.05, 4.69) is 55.9 Å². The van der Waals surface area contributed by atoms with E-state index in [4.69, 9.17) is 4.98 Å². The molecule has 0 saturated carbocycles. The first-order valence-electron chi connectivity index (χ1n) is 8.35. The average molecular weight is 290 g/mol. The molecule has 1 aliphatic heterocycles. The molecule has 1 saturated heterocycles. The van der Waals surface area contributed by atoms with Crippen molar-refractivity contribution < 1.29 is 0 Å². The summed E-state index contributed by atoms with van der Waals surface area (Å²) in [6, 6.07) is 2.71. The van der Waals surface area contributed by atoms with Gasteiger partial charge in [0.1, 0.15) is 11.6 Å². The van der Waals surface area contributed by atoms with Gasteiger partial charge >= 0.3 is 0 Å². The summed E-state index contributed by atoms with van der Waals surface area (Å²) in [4.78, 5) is 11.8. The van der Waals surface area contributed by atoms with Crippen molar-refractivity contribution in [2.45, 2.75) is 59.4 Å². The number of nitrogens with one attached hydrogen (secondary N) is 1. The fraction of sp³-hybridized carbons (Fsp3) is 0.765. The molecule has 2 heterocycles. The van der Waals surface area contributed by atoms with E-state index in [1.165, 1.54) is 12.8 Å². The predicted molar refractivity (Wildman–Crippen MR) is 88.9 cm³/mol. The third-order valence-corrected chi connectivity index (χ3v) is 4.39. The Labute approximate surface area is 129 Å². The molecule has 1 aromatic heterocycles. The highest BCUT2D eigenvalue weighted by atomic mass is 15.2. The molecule has 0 radical (unpaired) electrons. The van der Waals surface area contributed by atoms with Crippen molar-refractivity contribution in [1.29, 1.82) is 0 Å². The first-order chi connectivity index (χ1) is 10.0. The van der Waals surface area contributed by atoms with Crippen LogP contribution in [0.15, 0.2) is 6.07 Å². The Bertz CT molecular complexity index is 458. The number of hydrogen-bond acceptors (Lipinski definition) is 4. The van der Waals surface area contributed by atoms with Crippen LogP contribution in [0.2, 0.25) is 0 Å². The van der Waals surface area contributed by atoms with Gasteiger partial charge in [-0.15, -0.1) is 0 Å². The van der Waals surface area contributed by atoms with Crippen LogP contribution in [0.25, 0.3) is 0 Å². The van der Waals surface area contributed by atoms with E-state index < -0.39 is 0 Å². The normalized spacial score (nSPS) is 20.9. The molecule has 2 unspecified atom stereocenters. The Morgan fingerprint density at radius 3 is 2.76 bits per heavy atom. The molecule has 0 aromatic carbocycles. The number of hydrogen-bond donors (Lipinski definition) is 1. The number of nitrogens with zero attached hydrogens (tertiary/aromatic N) is 3. The molecule has 4 nitrogen and oxygen atoms in total. The van der Waals surface area contributed by atoms with Crippen LogP contribution in [-0.2, 0) is 0 Å². The van der Waals surface area contributed by atoms with Crippen LogP contribution in [-0.4, -0.2) is 35.6 Å².